The number of unbranched alkanes of at least 4 members (excludes halogenated alkanes) is 2. The number of carbonyl (C=O) groups is 1. The van der Waals surface area contributed by atoms with Gasteiger partial charge in [0, 0.05) is 6.16 Å². The Bertz CT molecular complexity index is 608. The second kappa shape index (κ2) is 9.70. The van der Waals surface area contributed by atoms with Gasteiger partial charge in [0.05, 0.1) is 19.4 Å². The van der Waals surface area contributed by atoms with E-state index >= 15 is 0 Å². The molecule has 0 bridgehead atoms. The standard InChI is InChI=1S/C19H22ClO2P/c1-15-9-8-13-17(20)18(15)19(21)22-23-14-7-3-6-12-16-10-4-2-5-11-16/h2,4-5,8-11,13,23H,3,6-7,12,14H2,1H3. The lowest BCUT2D eigenvalue weighted by molar-refractivity contribution is 0.0760. The quantitative estimate of drug-likeness (QED) is 0.444. The fourth-order valence-electron chi connectivity index (χ4n) is 2.41. The average Bonchev–Trinajstić information content (AvgIpc) is 2.55. The van der Waals surface area contributed by atoms with E-state index in [4.69, 9.17) is 16.1 Å². The summed E-state index contributed by atoms with van der Waals surface area (Å²) in [7, 11) is 0.200. The summed E-state index contributed by atoms with van der Waals surface area (Å²) in [6.45, 7) is 1.87. The van der Waals surface area contributed by atoms with E-state index in [2.05, 4.69) is 24.3 Å². The first-order valence-corrected chi connectivity index (χ1v) is 9.41. The average molecular weight is 349 g/mol. The molecule has 122 valence electrons. The Balaban J connectivity index is 1.61. The molecule has 2 aromatic rings. The summed E-state index contributed by atoms with van der Waals surface area (Å²) in [4.78, 5) is 12.1. The molecule has 1 atom stereocenters. The van der Waals surface area contributed by atoms with Crippen LogP contribution in [0.25, 0.3) is 0 Å². The van der Waals surface area contributed by atoms with Crippen LogP contribution in [-0.4, -0.2) is 12.1 Å². The van der Waals surface area contributed by atoms with Gasteiger partial charge in [-0.15, -0.1) is 0 Å². The number of benzene rings is 2. The van der Waals surface area contributed by atoms with Gasteiger partial charge in [-0.3, -0.25) is 0 Å². The van der Waals surface area contributed by atoms with Gasteiger partial charge in [-0.25, -0.2) is 4.79 Å². The third-order valence-electron chi connectivity index (χ3n) is 3.68. The van der Waals surface area contributed by atoms with Crippen molar-refractivity contribution in [3.8, 4) is 0 Å². The molecule has 0 saturated heterocycles. The molecule has 0 aliphatic heterocycles. The first kappa shape index (κ1) is 18.0. The van der Waals surface area contributed by atoms with E-state index in [-0.39, 0.29) is 14.8 Å². The first-order valence-electron chi connectivity index (χ1n) is 7.91. The maximum absolute atomic E-state index is 12.1. The smallest absolute Gasteiger partial charge is 0.342 e. The van der Waals surface area contributed by atoms with E-state index < -0.39 is 0 Å². The second-order valence-corrected chi connectivity index (χ2v) is 6.91. The summed E-state index contributed by atoms with van der Waals surface area (Å²) in [6, 6.07) is 15.9. The molecular weight excluding hydrogens is 327 g/mol. The van der Waals surface area contributed by atoms with Crippen LogP contribution >= 0.6 is 20.4 Å². The number of rotatable bonds is 8. The van der Waals surface area contributed by atoms with Gasteiger partial charge < -0.3 is 4.52 Å². The Labute approximate surface area is 145 Å². The van der Waals surface area contributed by atoms with Crippen LogP contribution in [0.4, 0.5) is 0 Å². The van der Waals surface area contributed by atoms with Crippen LogP contribution in [0, 0.1) is 6.92 Å². The molecule has 0 aliphatic rings. The van der Waals surface area contributed by atoms with Crippen molar-refractivity contribution in [1.29, 1.82) is 0 Å². The molecule has 23 heavy (non-hydrogen) atoms. The van der Waals surface area contributed by atoms with E-state index in [1.807, 2.05) is 25.1 Å². The van der Waals surface area contributed by atoms with Crippen LogP contribution in [0.2, 0.25) is 5.02 Å². The van der Waals surface area contributed by atoms with E-state index in [1.54, 1.807) is 6.07 Å². The number of hydrogen-bond donors (Lipinski definition) is 0. The second-order valence-electron chi connectivity index (χ2n) is 5.51. The molecule has 0 aromatic heterocycles. The van der Waals surface area contributed by atoms with Crippen molar-refractivity contribution < 1.29 is 9.32 Å². The van der Waals surface area contributed by atoms with Gasteiger partial charge in [0.1, 0.15) is 0 Å². The predicted molar refractivity (Wildman–Crippen MR) is 98.8 cm³/mol. The Hall–Kier alpha value is -1.37. The number of carbonyl (C=O) groups excluding carboxylic acids is 1. The monoisotopic (exact) mass is 348 g/mol. The summed E-state index contributed by atoms with van der Waals surface area (Å²) < 4.78 is 5.36. The van der Waals surface area contributed by atoms with Gasteiger partial charge in [0.2, 0.25) is 0 Å². The molecule has 2 aromatic carbocycles. The Morgan fingerprint density at radius 2 is 1.83 bits per heavy atom. The minimum Gasteiger partial charge on any atom is -0.445 e. The zero-order valence-electron chi connectivity index (χ0n) is 13.3. The minimum atomic E-state index is -0.310. The number of halogens is 1. The molecule has 0 amide bonds. The molecule has 0 radical (unpaired) electrons. The number of aryl methyl sites for hydroxylation is 2. The summed E-state index contributed by atoms with van der Waals surface area (Å²) in [5.74, 6) is -0.310. The van der Waals surface area contributed by atoms with E-state index in [0.29, 0.717) is 10.6 Å². The minimum absolute atomic E-state index is 0.200. The predicted octanol–water partition coefficient (Wildman–Crippen LogP) is 5.81. The van der Waals surface area contributed by atoms with E-state index in [0.717, 1.165) is 31.0 Å². The van der Waals surface area contributed by atoms with Crippen molar-refractivity contribution in [1.82, 2.24) is 0 Å². The van der Waals surface area contributed by atoms with Crippen LogP contribution in [0.15, 0.2) is 48.5 Å². The maximum atomic E-state index is 12.1. The third-order valence-corrected chi connectivity index (χ3v) is 4.88. The Kier molecular flexibility index (Phi) is 7.58. The van der Waals surface area contributed by atoms with Gasteiger partial charge in [-0.05, 0) is 43.4 Å². The Morgan fingerprint density at radius 3 is 2.57 bits per heavy atom. The summed E-state index contributed by atoms with van der Waals surface area (Å²) in [5.41, 5.74) is 2.73. The summed E-state index contributed by atoms with van der Waals surface area (Å²) in [6.07, 6.45) is 5.45. The largest absolute Gasteiger partial charge is 0.445 e. The van der Waals surface area contributed by atoms with E-state index in [9.17, 15) is 4.79 Å². The molecule has 4 heteroatoms. The highest BCUT2D eigenvalue weighted by molar-refractivity contribution is 7.32. The lowest BCUT2D eigenvalue weighted by atomic mass is 10.1. The van der Waals surface area contributed by atoms with Gasteiger partial charge in [-0.1, -0.05) is 60.5 Å². The molecule has 2 rings (SSSR count). The topological polar surface area (TPSA) is 26.3 Å². The van der Waals surface area contributed by atoms with Crippen molar-refractivity contribution in [3.05, 3.63) is 70.2 Å². The van der Waals surface area contributed by atoms with Gasteiger partial charge in [0.15, 0.2) is 0 Å². The fraction of sp³-hybridized carbons (Fsp3) is 0.316. The zero-order valence-corrected chi connectivity index (χ0v) is 15.1. The lowest BCUT2D eigenvalue weighted by Gasteiger charge is -2.08. The molecule has 1 unspecified atom stereocenters. The van der Waals surface area contributed by atoms with Crippen LogP contribution in [0.1, 0.15) is 40.7 Å². The zero-order chi connectivity index (χ0) is 16.5. The molecule has 0 saturated carbocycles. The normalized spacial score (nSPS) is 11.0. The number of hydrogen-bond acceptors (Lipinski definition) is 2. The van der Waals surface area contributed by atoms with Crippen LogP contribution in [-0.2, 0) is 10.9 Å². The SMILES string of the molecule is Cc1cccc(Cl)c1C(=O)OPCCCCCc1ccccc1. The summed E-state index contributed by atoms with van der Waals surface area (Å²) >= 11 is 6.07. The molecule has 0 aliphatic carbocycles. The molecular formula is C19H22ClO2P. The first-order chi connectivity index (χ1) is 11.2. The molecule has 2 nitrogen and oxygen atoms in total. The van der Waals surface area contributed by atoms with Crippen molar-refractivity contribution in [3.63, 3.8) is 0 Å². The molecule has 0 spiro atoms. The van der Waals surface area contributed by atoms with Crippen molar-refractivity contribution in [2.75, 3.05) is 6.16 Å². The Morgan fingerprint density at radius 1 is 1.04 bits per heavy atom. The van der Waals surface area contributed by atoms with Gasteiger partial charge in [-0.2, -0.15) is 0 Å². The third kappa shape index (κ3) is 5.97. The fourth-order valence-corrected chi connectivity index (χ4v) is 3.43. The van der Waals surface area contributed by atoms with Crippen molar-refractivity contribution in [2.24, 2.45) is 0 Å². The molecule has 0 heterocycles. The van der Waals surface area contributed by atoms with Crippen LogP contribution in [0.5, 0.6) is 0 Å². The molecule has 0 N–H and O–H groups in total. The highest BCUT2D eigenvalue weighted by atomic mass is 35.5. The summed E-state index contributed by atoms with van der Waals surface area (Å²) in [5, 5.41) is 0.461. The highest BCUT2D eigenvalue weighted by Gasteiger charge is 2.14. The highest BCUT2D eigenvalue weighted by Crippen LogP contribution is 2.25. The van der Waals surface area contributed by atoms with Crippen molar-refractivity contribution >= 4 is 26.4 Å². The van der Waals surface area contributed by atoms with Crippen LogP contribution in [0.3, 0.4) is 0 Å². The van der Waals surface area contributed by atoms with Gasteiger partial charge >= 0.3 is 5.97 Å². The lowest BCUT2D eigenvalue weighted by Crippen LogP contribution is -2.03. The maximum Gasteiger partial charge on any atom is 0.342 e. The van der Waals surface area contributed by atoms with E-state index in [1.165, 1.54) is 12.0 Å². The van der Waals surface area contributed by atoms with Gasteiger partial charge in [0.25, 0.3) is 0 Å². The molecule has 0 fully saturated rings. The van der Waals surface area contributed by atoms with Crippen LogP contribution < -0.4 is 0 Å². The van der Waals surface area contributed by atoms with Crippen molar-refractivity contribution in [2.45, 2.75) is 32.6 Å².